The lowest BCUT2D eigenvalue weighted by Gasteiger charge is -2.28. The normalized spacial score (nSPS) is 17.8. The number of rotatable bonds is 5. The monoisotopic (exact) mass is 461 g/mol. The number of thiocarbonyl (C=S) groups is 1. The first-order valence-corrected chi connectivity index (χ1v) is 11.7. The Balaban J connectivity index is 1.46. The molecule has 0 saturated carbocycles. The Morgan fingerprint density at radius 1 is 0.794 bits per heavy atom. The number of pyridine rings is 2. The van der Waals surface area contributed by atoms with Gasteiger partial charge in [-0.25, -0.2) is 0 Å². The molecule has 0 amide bonds. The van der Waals surface area contributed by atoms with Gasteiger partial charge >= 0.3 is 0 Å². The van der Waals surface area contributed by atoms with Gasteiger partial charge in [-0.15, -0.1) is 0 Å². The van der Waals surface area contributed by atoms with E-state index in [-0.39, 0.29) is 12.1 Å². The predicted octanol–water partition coefficient (Wildman–Crippen LogP) is 5.59. The summed E-state index contributed by atoms with van der Waals surface area (Å²) >= 11 is 5.84. The fraction of sp³-hybridized carbons (Fsp3) is 0.107. The zero-order valence-electron chi connectivity index (χ0n) is 18.5. The molecule has 5 nitrogen and oxygen atoms in total. The van der Waals surface area contributed by atoms with Crippen LogP contribution in [0.4, 0.5) is 0 Å². The molecule has 2 atom stereocenters. The van der Waals surface area contributed by atoms with Gasteiger partial charge in [0.2, 0.25) is 0 Å². The van der Waals surface area contributed by atoms with E-state index >= 15 is 0 Å². The lowest BCUT2D eigenvalue weighted by Crippen LogP contribution is -2.30. The highest BCUT2D eigenvalue weighted by Crippen LogP contribution is 2.40. The number of aromatic nitrogens is 3. The molecule has 6 rings (SSSR count). The summed E-state index contributed by atoms with van der Waals surface area (Å²) in [4.78, 5) is 11.4. The van der Waals surface area contributed by atoms with Crippen molar-refractivity contribution < 1.29 is 0 Å². The Kier molecular flexibility index (Phi) is 5.28. The number of hydrogen-bond acceptors (Lipinski definition) is 3. The van der Waals surface area contributed by atoms with Crippen molar-refractivity contribution in [3.63, 3.8) is 0 Å². The van der Waals surface area contributed by atoms with E-state index in [1.807, 2.05) is 42.7 Å². The van der Waals surface area contributed by atoms with Crippen LogP contribution in [0.5, 0.6) is 0 Å². The molecule has 34 heavy (non-hydrogen) atoms. The Labute approximate surface area is 203 Å². The molecule has 3 aromatic heterocycles. The van der Waals surface area contributed by atoms with Gasteiger partial charge in [0.1, 0.15) is 0 Å². The molecule has 0 spiro atoms. The van der Waals surface area contributed by atoms with Crippen LogP contribution < -0.4 is 5.32 Å². The summed E-state index contributed by atoms with van der Waals surface area (Å²) in [5.41, 5.74) is 4.20. The second-order valence-electron chi connectivity index (χ2n) is 8.41. The molecular weight excluding hydrogens is 438 g/mol. The van der Waals surface area contributed by atoms with Gasteiger partial charge in [0.15, 0.2) is 5.11 Å². The summed E-state index contributed by atoms with van der Waals surface area (Å²) in [5, 5.41) is 6.69. The van der Waals surface area contributed by atoms with Gasteiger partial charge in [-0.2, -0.15) is 0 Å². The molecule has 1 N–H and O–H groups in total. The van der Waals surface area contributed by atoms with Gasteiger partial charge in [0.25, 0.3) is 0 Å². The fourth-order valence-electron chi connectivity index (χ4n) is 4.76. The van der Waals surface area contributed by atoms with Crippen LogP contribution in [0.15, 0.2) is 110 Å². The third kappa shape index (κ3) is 3.72. The van der Waals surface area contributed by atoms with Gasteiger partial charge in [-0.05, 0) is 71.5 Å². The molecule has 6 heteroatoms. The number of nitrogens with one attached hydrogen (secondary N) is 1. The molecule has 1 aliphatic rings. The molecule has 1 aliphatic heterocycles. The van der Waals surface area contributed by atoms with Gasteiger partial charge < -0.3 is 14.8 Å². The van der Waals surface area contributed by atoms with Crippen LogP contribution in [-0.4, -0.2) is 24.5 Å². The second-order valence-corrected chi connectivity index (χ2v) is 8.80. The van der Waals surface area contributed by atoms with Gasteiger partial charge in [-0.1, -0.05) is 42.5 Å². The van der Waals surface area contributed by atoms with Crippen LogP contribution in [0.2, 0.25) is 0 Å². The molecule has 4 heterocycles. The molecule has 166 valence electrons. The Bertz CT molecular complexity index is 1450. The van der Waals surface area contributed by atoms with Crippen molar-refractivity contribution >= 4 is 28.1 Å². The molecular formula is C28H23N5S. The third-order valence-electron chi connectivity index (χ3n) is 6.35. The zero-order chi connectivity index (χ0) is 22.9. The van der Waals surface area contributed by atoms with Crippen molar-refractivity contribution in [2.75, 3.05) is 0 Å². The number of benzene rings is 2. The molecule has 0 unspecified atom stereocenters. The van der Waals surface area contributed by atoms with E-state index in [0.29, 0.717) is 11.7 Å². The van der Waals surface area contributed by atoms with Crippen LogP contribution >= 0.6 is 12.2 Å². The second kappa shape index (κ2) is 8.72. The summed E-state index contributed by atoms with van der Waals surface area (Å²) in [6, 6.07) is 31.2. The lowest BCUT2D eigenvalue weighted by atomic mass is 10.0. The van der Waals surface area contributed by atoms with E-state index in [9.17, 15) is 0 Å². The molecule has 1 saturated heterocycles. The van der Waals surface area contributed by atoms with Gasteiger partial charge in [0.05, 0.1) is 30.0 Å². The van der Waals surface area contributed by atoms with Crippen molar-refractivity contribution in [1.82, 2.24) is 24.8 Å². The maximum Gasteiger partial charge on any atom is 0.170 e. The average Bonchev–Trinajstić information content (AvgIpc) is 3.49. The van der Waals surface area contributed by atoms with Crippen LogP contribution in [0.3, 0.4) is 0 Å². The van der Waals surface area contributed by atoms with E-state index in [1.54, 1.807) is 0 Å². The largest absolute Gasteiger partial charge is 0.352 e. The first-order valence-electron chi connectivity index (χ1n) is 11.3. The summed E-state index contributed by atoms with van der Waals surface area (Å²) in [6.07, 6.45) is 5.78. The molecule has 0 bridgehead atoms. The van der Waals surface area contributed by atoms with Crippen molar-refractivity contribution in [1.29, 1.82) is 0 Å². The minimum Gasteiger partial charge on any atom is -0.352 e. The number of hydrogen-bond donors (Lipinski definition) is 1. The highest BCUT2D eigenvalue weighted by molar-refractivity contribution is 7.80. The highest BCUT2D eigenvalue weighted by Gasteiger charge is 2.41. The smallest absolute Gasteiger partial charge is 0.170 e. The molecule has 2 aromatic carbocycles. The number of fused-ring (bicyclic) bond motifs is 1. The SMILES string of the molecule is S=C1N[C@H](c2ccccn2)[C@H](c2cccn2-c2ccc3ccccc3c2)N1Cc1ccccn1. The van der Waals surface area contributed by atoms with Crippen LogP contribution in [-0.2, 0) is 6.54 Å². The van der Waals surface area contributed by atoms with Crippen LogP contribution in [0.1, 0.15) is 29.2 Å². The topological polar surface area (TPSA) is 46.0 Å². The molecule has 0 radical (unpaired) electrons. The predicted molar refractivity (Wildman–Crippen MR) is 139 cm³/mol. The Morgan fingerprint density at radius 3 is 2.38 bits per heavy atom. The molecule has 1 fully saturated rings. The van der Waals surface area contributed by atoms with E-state index in [2.05, 4.69) is 91.6 Å². The van der Waals surface area contributed by atoms with Gasteiger partial charge in [-0.3, -0.25) is 9.97 Å². The van der Waals surface area contributed by atoms with Crippen molar-refractivity contribution in [3.05, 3.63) is 127 Å². The zero-order valence-corrected chi connectivity index (χ0v) is 19.3. The minimum atomic E-state index is -0.0773. The minimum absolute atomic E-state index is 0.0501. The van der Waals surface area contributed by atoms with Gasteiger partial charge in [0, 0.05) is 30.0 Å². The fourth-order valence-corrected chi connectivity index (χ4v) is 5.07. The highest BCUT2D eigenvalue weighted by atomic mass is 32.1. The maximum absolute atomic E-state index is 5.84. The molecule has 0 aliphatic carbocycles. The van der Waals surface area contributed by atoms with Crippen molar-refractivity contribution in [2.24, 2.45) is 0 Å². The Hall–Kier alpha value is -4.03. The average molecular weight is 462 g/mol. The van der Waals surface area contributed by atoms with E-state index in [1.165, 1.54) is 10.8 Å². The summed E-state index contributed by atoms with van der Waals surface area (Å²) < 4.78 is 2.26. The maximum atomic E-state index is 5.84. The summed E-state index contributed by atoms with van der Waals surface area (Å²) in [6.45, 7) is 0.615. The van der Waals surface area contributed by atoms with E-state index in [4.69, 9.17) is 12.2 Å². The third-order valence-corrected chi connectivity index (χ3v) is 6.70. The quantitative estimate of drug-likeness (QED) is 0.346. The van der Waals surface area contributed by atoms with Crippen LogP contribution in [0, 0.1) is 0 Å². The standard InChI is InChI=1S/C28H23N5S/c34-28-31-26(24-11-4-6-16-30-24)27(33(28)19-22-10-3-5-15-29-22)25-12-7-17-32(25)23-14-13-20-8-1-2-9-21(20)18-23/h1-18,26-27H,19H2,(H,31,34)/t26-,27+/m1/s1. The van der Waals surface area contributed by atoms with Crippen LogP contribution in [0.25, 0.3) is 16.5 Å². The van der Waals surface area contributed by atoms with Crippen molar-refractivity contribution in [2.45, 2.75) is 18.6 Å². The molecule has 5 aromatic rings. The first-order chi connectivity index (χ1) is 16.8. The summed E-state index contributed by atoms with van der Waals surface area (Å²) in [5.74, 6) is 0. The van der Waals surface area contributed by atoms with E-state index in [0.717, 1.165) is 22.8 Å². The lowest BCUT2D eigenvalue weighted by molar-refractivity contribution is 0.299. The van der Waals surface area contributed by atoms with Crippen molar-refractivity contribution in [3.8, 4) is 5.69 Å². The first kappa shape index (κ1) is 20.6. The number of nitrogens with zero attached hydrogens (tertiary/aromatic N) is 4. The Morgan fingerprint density at radius 2 is 1.59 bits per heavy atom. The van der Waals surface area contributed by atoms with E-state index < -0.39 is 0 Å². The summed E-state index contributed by atoms with van der Waals surface area (Å²) in [7, 11) is 0.